The van der Waals surface area contributed by atoms with Crippen molar-refractivity contribution >= 4 is 5.91 Å². The summed E-state index contributed by atoms with van der Waals surface area (Å²) in [5.74, 6) is 0.516. The summed E-state index contributed by atoms with van der Waals surface area (Å²) in [7, 11) is 0. The van der Waals surface area contributed by atoms with E-state index in [1.54, 1.807) is 0 Å². The number of rotatable bonds is 6. The number of carbonyl (C=O) groups excluding carboxylic acids is 1. The number of nitrogens with one attached hydrogen (secondary N) is 1. The SMILES string of the molecule is O=C(NCCCOC1CCCC1)[C@@H]1CCCN2CCCC[C@H]12. The van der Waals surface area contributed by atoms with Crippen LogP contribution in [0.2, 0.25) is 0 Å². The molecule has 3 aliphatic rings. The Morgan fingerprint density at radius 2 is 1.77 bits per heavy atom. The molecule has 3 rings (SSSR count). The third-order valence-corrected chi connectivity index (χ3v) is 5.70. The monoisotopic (exact) mass is 308 g/mol. The maximum absolute atomic E-state index is 12.5. The minimum atomic E-state index is 0.227. The van der Waals surface area contributed by atoms with Gasteiger partial charge in [0.05, 0.1) is 12.0 Å². The predicted molar refractivity (Wildman–Crippen MR) is 87.8 cm³/mol. The highest BCUT2D eigenvalue weighted by Crippen LogP contribution is 2.30. The van der Waals surface area contributed by atoms with Crippen molar-refractivity contribution in [2.24, 2.45) is 5.92 Å². The normalized spacial score (nSPS) is 30.2. The van der Waals surface area contributed by atoms with E-state index in [0.29, 0.717) is 12.1 Å². The molecule has 1 saturated carbocycles. The summed E-state index contributed by atoms with van der Waals surface area (Å²) in [5, 5.41) is 3.17. The van der Waals surface area contributed by atoms with Crippen LogP contribution in [0.4, 0.5) is 0 Å². The Hall–Kier alpha value is -0.610. The maximum atomic E-state index is 12.5. The highest BCUT2D eigenvalue weighted by Gasteiger charge is 2.36. The molecule has 0 aromatic carbocycles. The van der Waals surface area contributed by atoms with E-state index in [2.05, 4.69) is 10.2 Å². The van der Waals surface area contributed by atoms with Crippen LogP contribution in [0.5, 0.6) is 0 Å². The van der Waals surface area contributed by atoms with Crippen molar-refractivity contribution in [3.63, 3.8) is 0 Å². The maximum Gasteiger partial charge on any atom is 0.224 e. The van der Waals surface area contributed by atoms with Crippen LogP contribution in [0, 0.1) is 5.92 Å². The van der Waals surface area contributed by atoms with Crippen LogP contribution in [-0.4, -0.2) is 49.2 Å². The molecule has 126 valence electrons. The van der Waals surface area contributed by atoms with Crippen molar-refractivity contribution in [3.8, 4) is 0 Å². The lowest BCUT2D eigenvalue weighted by atomic mass is 9.83. The molecule has 3 fully saturated rings. The molecule has 22 heavy (non-hydrogen) atoms. The van der Waals surface area contributed by atoms with Crippen molar-refractivity contribution in [3.05, 3.63) is 0 Å². The zero-order valence-corrected chi connectivity index (χ0v) is 13.9. The predicted octanol–water partition coefficient (Wildman–Crippen LogP) is 2.72. The summed E-state index contributed by atoms with van der Waals surface area (Å²) in [6, 6.07) is 0.511. The number of amides is 1. The van der Waals surface area contributed by atoms with Crippen LogP contribution in [0.1, 0.15) is 64.2 Å². The van der Waals surface area contributed by atoms with Gasteiger partial charge < -0.3 is 10.1 Å². The quantitative estimate of drug-likeness (QED) is 0.767. The van der Waals surface area contributed by atoms with Gasteiger partial charge in [0, 0.05) is 19.2 Å². The first kappa shape index (κ1) is 16.3. The molecule has 1 N–H and O–H groups in total. The molecule has 0 aromatic heterocycles. The summed E-state index contributed by atoms with van der Waals surface area (Å²) >= 11 is 0. The van der Waals surface area contributed by atoms with Gasteiger partial charge in [-0.3, -0.25) is 9.69 Å². The standard InChI is InChI=1S/C18H32N2O2/c21-18(19-11-6-14-22-15-7-1-2-8-15)16-9-5-13-20-12-4-3-10-17(16)20/h15-17H,1-14H2,(H,19,21)/t16-,17-/m1/s1. The molecule has 1 aliphatic carbocycles. The van der Waals surface area contributed by atoms with Crippen LogP contribution < -0.4 is 5.32 Å². The Balaban J connectivity index is 1.34. The zero-order valence-electron chi connectivity index (χ0n) is 13.9. The molecule has 0 bridgehead atoms. The second-order valence-corrected chi connectivity index (χ2v) is 7.27. The van der Waals surface area contributed by atoms with Crippen LogP contribution in [-0.2, 0) is 9.53 Å². The molecule has 0 aromatic rings. The fourth-order valence-corrected chi connectivity index (χ4v) is 4.48. The van der Waals surface area contributed by atoms with Gasteiger partial charge in [-0.2, -0.15) is 0 Å². The Kier molecular flexibility index (Phi) is 6.13. The largest absolute Gasteiger partial charge is 0.378 e. The molecule has 0 spiro atoms. The fraction of sp³-hybridized carbons (Fsp3) is 0.944. The molecule has 1 amide bonds. The molecule has 2 saturated heterocycles. The zero-order chi connectivity index (χ0) is 15.2. The number of piperidine rings is 2. The lowest BCUT2D eigenvalue weighted by Crippen LogP contribution is -2.52. The second kappa shape index (κ2) is 8.30. The number of fused-ring (bicyclic) bond motifs is 1. The third-order valence-electron chi connectivity index (χ3n) is 5.70. The minimum Gasteiger partial charge on any atom is -0.378 e. The van der Waals surface area contributed by atoms with E-state index in [4.69, 9.17) is 4.74 Å². The van der Waals surface area contributed by atoms with Gasteiger partial charge in [-0.1, -0.05) is 19.3 Å². The van der Waals surface area contributed by atoms with Crippen molar-refractivity contribution in [2.75, 3.05) is 26.2 Å². The summed E-state index contributed by atoms with van der Waals surface area (Å²) in [6.45, 7) is 3.97. The molecule has 0 radical (unpaired) electrons. The Labute approximate surface area is 135 Å². The highest BCUT2D eigenvalue weighted by molar-refractivity contribution is 5.79. The number of ether oxygens (including phenoxy) is 1. The number of hydrogen-bond acceptors (Lipinski definition) is 3. The molecular formula is C18H32N2O2. The fourth-order valence-electron chi connectivity index (χ4n) is 4.48. The molecular weight excluding hydrogens is 276 g/mol. The van der Waals surface area contributed by atoms with E-state index in [1.807, 2.05) is 0 Å². The first-order valence-electron chi connectivity index (χ1n) is 9.48. The minimum absolute atomic E-state index is 0.227. The van der Waals surface area contributed by atoms with E-state index >= 15 is 0 Å². The Bertz CT molecular complexity index is 353. The van der Waals surface area contributed by atoms with E-state index in [1.165, 1.54) is 64.5 Å². The van der Waals surface area contributed by atoms with Gasteiger partial charge in [0.25, 0.3) is 0 Å². The summed E-state index contributed by atoms with van der Waals surface area (Å²) in [6.07, 6.45) is 12.6. The molecule has 4 heteroatoms. The smallest absolute Gasteiger partial charge is 0.224 e. The summed E-state index contributed by atoms with van der Waals surface area (Å²) < 4.78 is 5.86. The topological polar surface area (TPSA) is 41.6 Å². The van der Waals surface area contributed by atoms with E-state index < -0.39 is 0 Å². The van der Waals surface area contributed by atoms with Crippen molar-refractivity contribution < 1.29 is 9.53 Å². The van der Waals surface area contributed by atoms with Gasteiger partial charge in [0.15, 0.2) is 0 Å². The van der Waals surface area contributed by atoms with Crippen LogP contribution in [0.25, 0.3) is 0 Å². The average Bonchev–Trinajstić information content (AvgIpc) is 3.07. The van der Waals surface area contributed by atoms with Gasteiger partial charge in [0.2, 0.25) is 5.91 Å². The van der Waals surface area contributed by atoms with Crippen LogP contribution in [0.3, 0.4) is 0 Å². The van der Waals surface area contributed by atoms with E-state index in [-0.39, 0.29) is 11.8 Å². The first-order valence-corrected chi connectivity index (χ1v) is 9.48. The van der Waals surface area contributed by atoms with Crippen molar-refractivity contribution in [2.45, 2.75) is 76.4 Å². The number of nitrogens with zero attached hydrogens (tertiary/aromatic N) is 1. The van der Waals surface area contributed by atoms with E-state index in [9.17, 15) is 4.79 Å². The van der Waals surface area contributed by atoms with Gasteiger partial charge in [-0.05, 0) is 58.0 Å². The molecule has 2 heterocycles. The molecule has 2 aliphatic heterocycles. The van der Waals surface area contributed by atoms with Gasteiger partial charge in [0.1, 0.15) is 0 Å². The number of hydrogen-bond donors (Lipinski definition) is 1. The first-order chi connectivity index (χ1) is 10.8. The second-order valence-electron chi connectivity index (χ2n) is 7.27. The summed E-state index contributed by atoms with van der Waals surface area (Å²) in [4.78, 5) is 15.0. The van der Waals surface area contributed by atoms with Crippen molar-refractivity contribution in [1.29, 1.82) is 0 Å². The molecule has 0 unspecified atom stereocenters. The average molecular weight is 308 g/mol. The van der Waals surface area contributed by atoms with E-state index in [0.717, 1.165) is 26.0 Å². The van der Waals surface area contributed by atoms with Crippen LogP contribution in [0.15, 0.2) is 0 Å². The molecule has 2 atom stereocenters. The van der Waals surface area contributed by atoms with Crippen LogP contribution >= 0.6 is 0 Å². The highest BCUT2D eigenvalue weighted by atomic mass is 16.5. The van der Waals surface area contributed by atoms with Crippen molar-refractivity contribution in [1.82, 2.24) is 10.2 Å². The van der Waals surface area contributed by atoms with Gasteiger partial charge in [-0.25, -0.2) is 0 Å². The van der Waals surface area contributed by atoms with Gasteiger partial charge >= 0.3 is 0 Å². The lowest BCUT2D eigenvalue weighted by molar-refractivity contribution is -0.129. The summed E-state index contributed by atoms with van der Waals surface area (Å²) in [5.41, 5.74) is 0. The molecule has 4 nitrogen and oxygen atoms in total. The number of carbonyl (C=O) groups is 1. The Morgan fingerprint density at radius 1 is 1.00 bits per heavy atom. The lowest BCUT2D eigenvalue weighted by Gasteiger charge is -2.43. The Morgan fingerprint density at radius 3 is 2.64 bits per heavy atom. The third kappa shape index (κ3) is 4.23. The van der Waals surface area contributed by atoms with Gasteiger partial charge in [-0.15, -0.1) is 0 Å².